The Morgan fingerprint density at radius 2 is 2.36 bits per heavy atom. The second-order valence-electron chi connectivity index (χ2n) is 6.70. The molecule has 1 saturated heterocycles. The fraction of sp³-hybridized carbons (Fsp3) is 0.611. The van der Waals surface area contributed by atoms with Crippen LogP contribution in [0.2, 0.25) is 0 Å². The van der Waals surface area contributed by atoms with Crippen molar-refractivity contribution in [3.8, 4) is 0 Å². The van der Waals surface area contributed by atoms with Crippen LogP contribution in [0.4, 0.5) is 0 Å². The first-order valence-electron chi connectivity index (χ1n) is 8.81. The molecule has 1 aromatic rings. The Morgan fingerprint density at radius 3 is 3.16 bits per heavy atom. The predicted octanol–water partition coefficient (Wildman–Crippen LogP) is 0.147. The highest BCUT2D eigenvalue weighted by Crippen LogP contribution is 2.21. The van der Waals surface area contributed by atoms with E-state index in [1.807, 2.05) is 13.1 Å². The van der Waals surface area contributed by atoms with Crippen LogP contribution in [0.5, 0.6) is 0 Å². The van der Waals surface area contributed by atoms with E-state index in [0.717, 1.165) is 30.8 Å². The number of methoxy groups -OCH3 is 1. The number of hydrogen-bond acceptors (Lipinski definition) is 5. The van der Waals surface area contributed by atoms with Crippen molar-refractivity contribution in [2.24, 2.45) is 5.92 Å². The first-order chi connectivity index (χ1) is 12.1. The number of rotatable bonds is 6. The first kappa shape index (κ1) is 17.8. The van der Waals surface area contributed by atoms with Crippen molar-refractivity contribution in [1.29, 1.82) is 0 Å². The molecule has 0 aromatic carbocycles. The minimum absolute atomic E-state index is 0.0261. The summed E-state index contributed by atoms with van der Waals surface area (Å²) in [5.74, 6) is -0.309. The zero-order valence-electron chi connectivity index (χ0n) is 14.9. The minimum Gasteiger partial charge on any atom is -0.383 e. The van der Waals surface area contributed by atoms with Gasteiger partial charge in [0, 0.05) is 51.6 Å². The number of aromatic nitrogens is 1. The average Bonchev–Trinajstić information content (AvgIpc) is 2.99. The largest absolute Gasteiger partial charge is 0.383 e. The number of ether oxygens (including phenoxy) is 1. The van der Waals surface area contributed by atoms with Gasteiger partial charge in [0.05, 0.1) is 12.5 Å². The van der Waals surface area contributed by atoms with E-state index in [-0.39, 0.29) is 24.2 Å². The van der Waals surface area contributed by atoms with Crippen molar-refractivity contribution in [1.82, 2.24) is 20.5 Å². The molecule has 3 heterocycles. The molecule has 1 aromatic heterocycles. The van der Waals surface area contributed by atoms with Gasteiger partial charge in [0.25, 0.3) is 0 Å². The summed E-state index contributed by atoms with van der Waals surface area (Å²) in [6.45, 7) is 5.75. The minimum atomic E-state index is -0.279. The lowest BCUT2D eigenvalue weighted by molar-refractivity contribution is -0.129. The molecule has 2 amide bonds. The third-order valence-corrected chi connectivity index (χ3v) is 5.06. The lowest BCUT2D eigenvalue weighted by atomic mass is 9.96. The van der Waals surface area contributed by atoms with Gasteiger partial charge in [0.15, 0.2) is 0 Å². The van der Waals surface area contributed by atoms with Gasteiger partial charge >= 0.3 is 0 Å². The molecule has 2 N–H and O–H groups in total. The van der Waals surface area contributed by atoms with E-state index in [4.69, 9.17) is 4.74 Å². The van der Waals surface area contributed by atoms with Gasteiger partial charge in [0.1, 0.15) is 0 Å². The summed E-state index contributed by atoms with van der Waals surface area (Å²) in [7, 11) is 1.61. The molecule has 0 unspecified atom stereocenters. The number of pyridine rings is 1. The van der Waals surface area contributed by atoms with Crippen LogP contribution in [0, 0.1) is 12.8 Å². The maximum Gasteiger partial charge on any atom is 0.225 e. The van der Waals surface area contributed by atoms with Crippen LogP contribution in [0.1, 0.15) is 28.8 Å². The van der Waals surface area contributed by atoms with E-state index < -0.39 is 0 Å². The molecule has 0 bridgehead atoms. The topological polar surface area (TPSA) is 83.6 Å². The number of nitrogens with zero attached hydrogens (tertiary/aromatic N) is 2. The number of nitrogens with one attached hydrogen (secondary N) is 2. The van der Waals surface area contributed by atoms with E-state index in [1.165, 1.54) is 11.1 Å². The second-order valence-corrected chi connectivity index (χ2v) is 6.70. The van der Waals surface area contributed by atoms with E-state index in [9.17, 15) is 9.59 Å². The van der Waals surface area contributed by atoms with Crippen LogP contribution in [-0.2, 0) is 33.8 Å². The van der Waals surface area contributed by atoms with Crippen LogP contribution in [0.25, 0.3) is 0 Å². The maximum atomic E-state index is 12.5. The van der Waals surface area contributed by atoms with Gasteiger partial charge in [-0.2, -0.15) is 0 Å². The zero-order valence-corrected chi connectivity index (χ0v) is 14.9. The fourth-order valence-electron chi connectivity index (χ4n) is 3.56. The molecule has 136 valence electrons. The van der Waals surface area contributed by atoms with E-state index in [0.29, 0.717) is 26.2 Å². The summed E-state index contributed by atoms with van der Waals surface area (Å²) in [6, 6.07) is 0. The lowest BCUT2D eigenvalue weighted by Gasteiger charge is -2.22. The van der Waals surface area contributed by atoms with Gasteiger partial charge in [-0.15, -0.1) is 0 Å². The monoisotopic (exact) mass is 346 g/mol. The van der Waals surface area contributed by atoms with Crippen molar-refractivity contribution in [2.45, 2.75) is 32.9 Å². The molecule has 1 atom stereocenters. The molecule has 7 heteroatoms. The van der Waals surface area contributed by atoms with Gasteiger partial charge in [-0.3, -0.25) is 14.6 Å². The molecule has 0 aliphatic carbocycles. The van der Waals surface area contributed by atoms with E-state index in [2.05, 4.69) is 15.6 Å². The van der Waals surface area contributed by atoms with Gasteiger partial charge in [0.2, 0.25) is 11.8 Å². The normalized spacial score (nSPS) is 19.8. The molecule has 25 heavy (non-hydrogen) atoms. The Hall–Kier alpha value is -1.99. The number of aryl methyl sites for hydroxylation is 1. The molecule has 2 aliphatic rings. The van der Waals surface area contributed by atoms with Crippen LogP contribution >= 0.6 is 0 Å². The number of amides is 2. The number of fused-ring (bicyclic) bond motifs is 1. The first-order valence-corrected chi connectivity index (χ1v) is 8.81. The van der Waals surface area contributed by atoms with Crippen LogP contribution in [-0.4, -0.2) is 55.0 Å². The second kappa shape index (κ2) is 7.93. The Balaban J connectivity index is 1.61. The average molecular weight is 346 g/mol. The van der Waals surface area contributed by atoms with Crippen LogP contribution in [0.15, 0.2) is 6.20 Å². The van der Waals surface area contributed by atoms with Gasteiger partial charge in [-0.25, -0.2) is 0 Å². The number of carbonyl (C=O) groups excluding carboxylic acids is 2. The standard InChI is InChI=1S/C18H26N4O3/c1-12-16(15-3-4-19-8-14(15)9-20-12)10-21-18(24)13-7-17(23)22(11-13)5-6-25-2/h9,13,19H,3-8,10-11H2,1-2H3,(H,21,24)/t13-/m1/s1. The highest BCUT2D eigenvalue weighted by atomic mass is 16.5. The van der Waals surface area contributed by atoms with E-state index in [1.54, 1.807) is 12.0 Å². The fourth-order valence-corrected chi connectivity index (χ4v) is 3.56. The molecular formula is C18H26N4O3. The Kier molecular flexibility index (Phi) is 5.65. The zero-order chi connectivity index (χ0) is 17.8. The molecule has 0 radical (unpaired) electrons. The maximum absolute atomic E-state index is 12.5. The summed E-state index contributed by atoms with van der Waals surface area (Å²) in [6.07, 6.45) is 3.16. The van der Waals surface area contributed by atoms with Gasteiger partial charge in [-0.05, 0) is 36.6 Å². The highest BCUT2D eigenvalue weighted by molar-refractivity contribution is 5.89. The molecule has 3 rings (SSSR count). The van der Waals surface area contributed by atoms with Crippen LogP contribution in [0.3, 0.4) is 0 Å². The Labute approximate surface area is 148 Å². The van der Waals surface area contributed by atoms with E-state index >= 15 is 0 Å². The van der Waals surface area contributed by atoms with Crippen molar-refractivity contribution < 1.29 is 14.3 Å². The lowest BCUT2D eigenvalue weighted by Crippen LogP contribution is -2.34. The van der Waals surface area contributed by atoms with Crippen LogP contribution < -0.4 is 10.6 Å². The molecule has 0 saturated carbocycles. The summed E-state index contributed by atoms with van der Waals surface area (Å²) in [4.78, 5) is 30.7. The van der Waals surface area contributed by atoms with Crippen molar-refractivity contribution in [3.05, 3.63) is 28.6 Å². The predicted molar refractivity (Wildman–Crippen MR) is 92.8 cm³/mol. The molecule has 7 nitrogen and oxygen atoms in total. The quantitative estimate of drug-likeness (QED) is 0.766. The molecule has 2 aliphatic heterocycles. The van der Waals surface area contributed by atoms with Crippen molar-refractivity contribution >= 4 is 11.8 Å². The molecule has 1 fully saturated rings. The molecular weight excluding hydrogens is 320 g/mol. The highest BCUT2D eigenvalue weighted by Gasteiger charge is 2.34. The summed E-state index contributed by atoms with van der Waals surface area (Å²) in [5, 5.41) is 6.36. The molecule has 0 spiro atoms. The Morgan fingerprint density at radius 1 is 1.52 bits per heavy atom. The number of hydrogen-bond donors (Lipinski definition) is 2. The number of likely N-dealkylation sites (tertiary alicyclic amines) is 1. The summed E-state index contributed by atoms with van der Waals surface area (Å²) >= 11 is 0. The number of carbonyl (C=O) groups is 2. The smallest absolute Gasteiger partial charge is 0.225 e. The summed E-state index contributed by atoms with van der Waals surface area (Å²) < 4.78 is 5.01. The third-order valence-electron chi connectivity index (χ3n) is 5.06. The van der Waals surface area contributed by atoms with Crippen molar-refractivity contribution in [2.75, 3.05) is 33.4 Å². The Bertz CT molecular complexity index is 662. The summed E-state index contributed by atoms with van der Waals surface area (Å²) in [5.41, 5.74) is 4.59. The third kappa shape index (κ3) is 3.99. The van der Waals surface area contributed by atoms with Crippen molar-refractivity contribution in [3.63, 3.8) is 0 Å². The SMILES string of the molecule is COCCN1C[C@H](C(=O)NCc2c(C)ncc3c2CCNC3)CC1=O. The van der Waals surface area contributed by atoms with Gasteiger partial charge in [-0.1, -0.05) is 0 Å². The van der Waals surface area contributed by atoms with Gasteiger partial charge < -0.3 is 20.3 Å².